The number of fused-ring (bicyclic) bond motifs is 1. The third kappa shape index (κ3) is 4.70. The maximum Gasteiger partial charge on any atom is 0.333 e. The number of nitrogens with one attached hydrogen (secondary N) is 2. The zero-order valence-corrected chi connectivity index (χ0v) is 21.1. The number of carbonyl (C=O) groups excluding carboxylic acids is 1. The van der Waals surface area contributed by atoms with Crippen molar-refractivity contribution in [2.45, 2.75) is 11.1 Å². The Morgan fingerprint density at radius 2 is 1.92 bits per heavy atom. The minimum Gasteiger partial charge on any atom is -0.476 e. The maximum atomic E-state index is 13.2. The molecule has 0 atom stereocenters. The van der Waals surface area contributed by atoms with E-state index in [2.05, 4.69) is 15.3 Å². The van der Waals surface area contributed by atoms with Gasteiger partial charge in [0, 0.05) is 11.3 Å². The van der Waals surface area contributed by atoms with Crippen LogP contribution in [0, 0.1) is 6.92 Å². The molecule has 0 aliphatic carbocycles. The smallest absolute Gasteiger partial charge is 0.333 e. The highest BCUT2D eigenvalue weighted by molar-refractivity contribution is 7.92. The van der Waals surface area contributed by atoms with Crippen molar-refractivity contribution in [1.29, 1.82) is 0 Å². The highest BCUT2D eigenvalue weighted by Crippen LogP contribution is 2.25. The van der Waals surface area contributed by atoms with Gasteiger partial charge in [-0.1, -0.05) is 11.6 Å². The fraction of sp³-hybridized carbons (Fsp3) is 0.130. The summed E-state index contributed by atoms with van der Waals surface area (Å²) in [6.45, 7) is 2.86. The Kier molecular flexibility index (Phi) is 6.24. The zero-order chi connectivity index (χ0) is 25.4. The summed E-state index contributed by atoms with van der Waals surface area (Å²) in [5.41, 5.74) is 1.91. The molecule has 0 fully saturated rings. The molecule has 2 N–H and O–H groups in total. The van der Waals surface area contributed by atoms with Crippen molar-refractivity contribution in [2.24, 2.45) is 4.99 Å². The highest BCUT2D eigenvalue weighted by Gasteiger charge is 2.20. The summed E-state index contributed by atoms with van der Waals surface area (Å²) in [4.78, 5) is 34.4. The summed E-state index contributed by atoms with van der Waals surface area (Å²) < 4.78 is 33.7. The number of urea groups is 1. The molecule has 5 rings (SSSR count). The molecule has 2 aromatic heterocycles. The SMILES string of the molecule is Cc1nc2cc(C3=NCCO3)ccc2c(=O)n1-c1ccc(NC(=O)NS(=O)(=O)c2ccc(Cl)s2)cc1. The maximum absolute atomic E-state index is 13.2. The lowest BCUT2D eigenvalue weighted by Crippen LogP contribution is -2.33. The summed E-state index contributed by atoms with van der Waals surface area (Å²) in [5.74, 6) is 1.01. The molecule has 36 heavy (non-hydrogen) atoms. The molecule has 0 radical (unpaired) electrons. The number of amides is 2. The number of aryl methyl sites for hydroxylation is 1. The molecular weight excluding hydrogens is 526 g/mol. The number of ether oxygens (including phenoxy) is 1. The normalized spacial score (nSPS) is 13.3. The van der Waals surface area contributed by atoms with Crippen LogP contribution in [0.15, 0.2) is 68.6 Å². The van der Waals surface area contributed by atoms with E-state index in [0.29, 0.717) is 47.2 Å². The molecule has 0 bridgehead atoms. The van der Waals surface area contributed by atoms with Gasteiger partial charge < -0.3 is 10.1 Å². The third-order valence-electron chi connectivity index (χ3n) is 5.29. The van der Waals surface area contributed by atoms with Gasteiger partial charge in [0.05, 0.1) is 27.5 Å². The summed E-state index contributed by atoms with van der Waals surface area (Å²) in [6.07, 6.45) is 0. The molecule has 3 heterocycles. The molecule has 1 aliphatic rings. The van der Waals surface area contributed by atoms with Crippen LogP contribution in [0.25, 0.3) is 16.6 Å². The zero-order valence-electron chi connectivity index (χ0n) is 18.7. The Bertz CT molecular complexity index is 1690. The van der Waals surface area contributed by atoms with E-state index >= 15 is 0 Å². The quantitative estimate of drug-likeness (QED) is 0.394. The molecule has 2 aromatic carbocycles. The summed E-state index contributed by atoms with van der Waals surface area (Å²) in [7, 11) is -4.05. The average molecular weight is 544 g/mol. The van der Waals surface area contributed by atoms with Crippen LogP contribution in [0.3, 0.4) is 0 Å². The summed E-state index contributed by atoms with van der Waals surface area (Å²) >= 11 is 6.61. The van der Waals surface area contributed by atoms with Crippen LogP contribution in [0.2, 0.25) is 4.34 Å². The second kappa shape index (κ2) is 9.37. The molecule has 0 unspecified atom stereocenters. The Morgan fingerprint density at radius 3 is 2.58 bits per heavy atom. The lowest BCUT2D eigenvalue weighted by molar-refractivity contribution is 0.256. The molecule has 1 aliphatic heterocycles. The highest BCUT2D eigenvalue weighted by atomic mass is 35.5. The van der Waals surface area contributed by atoms with Crippen LogP contribution in [0.4, 0.5) is 10.5 Å². The van der Waals surface area contributed by atoms with Gasteiger partial charge in [0.25, 0.3) is 15.6 Å². The molecule has 184 valence electrons. The lowest BCUT2D eigenvalue weighted by atomic mass is 10.1. The Hall–Kier alpha value is -3.74. The van der Waals surface area contributed by atoms with Gasteiger partial charge in [-0.3, -0.25) is 9.36 Å². The number of aliphatic imine (C=N–C) groups is 1. The topological polar surface area (TPSA) is 132 Å². The molecule has 4 aromatic rings. The van der Waals surface area contributed by atoms with E-state index in [9.17, 15) is 18.0 Å². The van der Waals surface area contributed by atoms with Crippen molar-refractivity contribution in [3.8, 4) is 5.69 Å². The molecule has 13 heteroatoms. The van der Waals surface area contributed by atoms with Crippen LogP contribution >= 0.6 is 22.9 Å². The number of carbonyl (C=O) groups is 1. The number of benzene rings is 2. The van der Waals surface area contributed by atoms with Crippen LogP contribution in [-0.4, -0.2) is 43.0 Å². The van der Waals surface area contributed by atoms with Crippen molar-refractivity contribution < 1.29 is 17.9 Å². The molecule has 0 spiro atoms. The van der Waals surface area contributed by atoms with Gasteiger partial charge in [-0.25, -0.2) is 27.9 Å². The van der Waals surface area contributed by atoms with Crippen molar-refractivity contribution in [2.75, 3.05) is 18.5 Å². The predicted octanol–water partition coefficient (Wildman–Crippen LogP) is 3.70. The van der Waals surface area contributed by atoms with E-state index in [4.69, 9.17) is 16.3 Å². The number of aromatic nitrogens is 2. The number of anilines is 1. The third-order valence-corrected chi connectivity index (χ3v) is 8.35. The van der Waals surface area contributed by atoms with E-state index in [-0.39, 0.29) is 14.1 Å². The van der Waals surface area contributed by atoms with Gasteiger partial charge >= 0.3 is 6.03 Å². The number of halogens is 1. The van der Waals surface area contributed by atoms with E-state index in [1.807, 2.05) is 4.72 Å². The van der Waals surface area contributed by atoms with Gasteiger partial charge in [-0.2, -0.15) is 0 Å². The van der Waals surface area contributed by atoms with Gasteiger partial charge in [0.1, 0.15) is 16.6 Å². The van der Waals surface area contributed by atoms with Crippen LogP contribution in [0.1, 0.15) is 11.4 Å². The Labute approximate surface area is 214 Å². The van der Waals surface area contributed by atoms with E-state index in [0.717, 1.165) is 16.9 Å². The largest absolute Gasteiger partial charge is 0.476 e. The fourth-order valence-electron chi connectivity index (χ4n) is 3.71. The van der Waals surface area contributed by atoms with E-state index < -0.39 is 16.1 Å². The average Bonchev–Trinajstić information content (AvgIpc) is 3.52. The van der Waals surface area contributed by atoms with Crippen LogP contribution < -0.4 is 15.6 Å². The fourth-order valence-corrected chi connectivity index (χ4v) is 6.10. The Morgan fingerprint density at radius 1 is 1.14 bits per heavy atom. The first kappa shape index (κ1) is 24.0. The number of rotatable bonds is 5. The van der Waals surface area contributed by atoms with Crippen LogP contribution in [0.5, 0.6) is 0 Å². The van der Waals surface area contributed by atoms with Gasteiger partial charge in [-0.15, -0.1) is 11.3 Å². The minimum atomic E-state index is -4.05. The molecule has 2 amide bonds. The van der Waals surface area contributed by atoms with E-state index in [1.165, 1.54) is 16.7 Å². The predicted molar refractivity (Wildman–Crippen MR) is 138 cm³/mol. The van der Waals surface area contributed by atoms with Crippen molar-refractivity contribution in [3.05, 3.63) is 80.7 Å². The molecule has 0 saturated carbocycles. The van der Waals surface area contributed by atoms with Crippen molar-refractivity contribution in [3.63, 3.8) is 0 Å². The van der Waals surface area contributed by atoms with E-state index in [1.54, 1.807) is 49.4 Å². The van der Waals surface area contributed by atoms with Gasteiger partial charge in [-0.05, 0) is 61.5 Å². The Balaban J connectivity index is 1.36. The second-order valence-corrected chi connectivity index (χ2v) is 11.4. The lowest BCUT2D eigenvalue weighted by Gasteiger charge is -2.13. The number of thiophene rings is 1. The minimum absolute atomic E-state index is 0.0764. The molecule has 0 saturated heterocycles. The number of hydrogen-bond donors (Lipinski definition) is 2. The first-order valence-electron chi connectivity index (χ1n) is 10.6. The van der Waals surface area contributed by atoms with Crippen molar-refractivity contribution >= 4 is 61.5 Å². The standard InChI is InChI=1S/C23H18ClN5O5S2/c1-13-26-18-12-14(21-25-10-11-34-21)2-7-17(18)22(30)29(13)16-5-3-15(4-6-16)27-23(31)28-36(32,33)20-9-8-19(24)35-20/h2-9,12H,10-11H2,1H3,(H2,27,28,31). The number of sulfonamides is 1. The van der Waals surface area contributed by atoms with Crippen LogP contribution in [-0.2, 0) is 14.8 Å². The summed E-state index contributed by atoms with van der Waals surface area (Å²) in [6, 6.07) is 13.4. The van der Waals surface area contributed by atoms with Gasteiger partial charge in [0.2, 0.25) is 5.90 Å². The molecule has 10 nitrogen and oxygen atoms in total. The second-order valence-electron chi connectivity index (χ2n) is 7.73. The van der Waals surface area contributed by atoms with Gasteiger partial charge in [0.15, 0.2) is 0 Å². The number of nitrogens with zero attached hydrogens (tertiary/aromatic N) is 3. The molecular formula is C23H18ClN5O5S2. The summed E-state index contributed by atoms with van der Waals surface area (Å²) in [5, 5.41) is 2.90. The monoisotopic (exact) mass is 543 g/mol. The first-order valence-corrected chi connectivity index (χ1v) is 13.3. The first-order chi connectivity index (χ1) is 17.2. The van der Waals surface area contributed by atoms with Crippen molar-refractivity contribution in [1.82, 2.24) is 14.3 Å². The number of hydrogen-bond acceptors (Lipinski definition) is 8.